The molecule has 0 saturated carbocycles. The Morgan fingerprint density at radius 1 is 1.17 bits per heavy atom. The first kappa shape index (κ1) is 14.3. The summed E-state index contributed by atoms with van der Waals surface area (Å²) < 4.78 is 10.8. The van der Waals surface area contributed by atoms with Crippen molar-refractivity contribution in [3.05, 3.63) is 59.8 Å². The SMILES string of the molecule is CC(Nc1c(C#N)cnc2ccccc12)c1ccc2c(c1)OCO2. The Balaban J connectivity index is 1.72. The van der Waals surface area contributed by atoms with Gasteiger partial charge in [0.25, 0.3) is 0 Å². The lowest BCUT2D eigenvalue weighted by molar-refractivity contribution is 0.174. The summed E-state index contributed by atoms with van der Waals surface area (Å²) in [6.07, 6.45) is 1.61. The van der Waals surface area contributed by atoms with E-state index >= 15 is 0 Å². The molecule has 0 aliphatic carbocycles. The molecule has 1 N–H and O–H groups in total. The minimum atomic E-state index is -0.00240. The van der Waals surface area contributed by atoms with Crippen LogP contribution in [0.25, 0.3) is 10.9 Å². The van der Waals surface area contributed by atoms with Crippen LogP contribution in [0.1, 0.15) is 24.1 Å². The summed E-state index contributed by atoms with van der Waals surface area (Å²) in [5, 5.41) is 13.8. The lowest BCUT2D eigenvalue weighted by Gasteiger charge is -2.18. The second-order valence-corrected chi connectivity index (χ2v) is 5.65. The number of rotatable bonds is 3. The maximum absolute atomic E-state index is 9.42. The van der Waals surface area contributed by atoms with Gasteiger partial charge in [-0.15, -0.1) is 0 Å². The van der Waals surface area contributed by atoms with Gasteiger partial charge in [-0.1, -0.05) is 24.3 Å². The second kappa shape index (κ2) is 5.74. The van der Waals surface area contributed by atoms with Gasteiger partial charge in [0.05, 0.1) is 16.8 Å². The number of hydrogen-bond donors (Lipinski definition) is 1. The molecule has 1 atom stereocenters. The topological polar surface area (TPSA) is 67.2 Å². The van der Waals surface area contributed by atoms with Gasteiger partial charge < -0.3 is 14.8 Å². The maximum atomic E-state index is 9.42. The van der Waals surface area contributed by atoms with Crippen molar-refractivity contribution >= 4 is 16.6 Å². The zero-order valence-corrected chi connectivity index (χ0v) is 13.1. The van der Waals surface area contributed by atoms with Crippen molar-refractivity contribution in [1.82, 2.24) is 4.98 Å². The number of pyridine rings is 1. The molecule has 1 unspecified atom stereocenters. The van der Waals surface area contributed by atoms with E-state index in [-0.39, 0.29) is 12.8 Å². The molecule has 2 aromatic carbocycles. The predicted octanol–water partition coefficient (Wildman–Crippen LogP) is 4.01. The molecule has 5 nitrogen and oxygen atoms in total. The first-order chi connectivity index (χ1) is 11.8. The third-order valence-corrected chi connectivity index (χ3v) is 4.15. The molecular formula is C19H15N3O2. The normalized spacial score (nSPS) is 13.5. The Kier molecular flexibility index (Phi) is 3.43. The molecule has 0 saturated heterocycles. The number of anilines is 1. The monoisotopic (exact) mass is 317 g/mol. The van der Waals surface area contributed by atoms with E-state index in [4.69, 9.17) is 9.47 Å². The molecule has 0 fully saturated rings. The molecule has 118 valence electrons. The van der Waals surface area contributed by atoms with E-state index in [0.717, 1.165) is 33.7 Å². The van der Waals surface area contributed by atoms with Crippen molar-refractivity contribution in [3.8, 4) is 17.6 Å². The summed E-state index contributed by atoms with van der Waals surface area (Å²) in [6.45, 7) is 2.31. The van der Waals surface area contributed by atoms with Crippen molar-refractivity contribution in [1.29, 1.82) is 5.26 Å². The standard InChI is InChI=1S/C19H15N3O2/c1-12(13-6-7-17-18(8-13)24-11-23-17)22-19-14(9-20)10-21-16-5-3-2-4-15(16)19/h2-8,10,12H,11H2,1H3,(H,21,22). The van der Waals surface area contributed by atoms with Crippen LogP contribution in [-0.4, -0.2) is 11.8 Å². The van der Waals surface area contributed by atoms with Crippen LogP contribution in [0.5, 0.6) is 11.5 Å². The molecule has 0 bridgehead atoms. The van der Waals surface area contributed by atoms with E-state index in [0.29, 0.717) is 5.56 Å². The summed E-state index contributed by atoms with van der Waals surface area (Å²) in [4.78, 5) is 4.34. The number of nitrogens with one attached hydrogen (secondary N) is 1. The van der Waals surface area contributed by atoms with Crippen LogP contribution in [0.3, 0.4) is 0 Å². The maximum Gasteiger partial charge on any atom is 0.231 e. The highest BCUT2D eigenvalue weighted by molar-refractivity contribution is 5.94. The number of hydrogen-bond acceptors (Lipinski definition) is 5. The molecule has 1 aliphatic heterocycles. The first-order valence-electron chi connectivity index (χ1n) is 7.70. The molecule has 0 radical (unpaired) electrons. The smallest absolute Gasteiger partial charge is 0.231 e. The highest BCUT2D eigenvalue weighted by Gasteiger charge is 2.17. The molecule has 0 amide bonds. The average Bonchev–Trinajstić information content (AvgIpc) is 3.09. The van der Waals surface area contributed by atoms with Gasteiger partial charge in [-0.05, 0) is 30.7 Å². The van der Waals surface area contributed by atoms with Gasteiger partial charge in [0.1, 0.15) is 6.07 Å². The summed E-state index contributed by atoms with van der Waals surface area (Å²) in [5.41, 5.74) is 3.25. The van der Waals surface area contributed by atoms with Crippen molar-refractivity contribution in [2.75, 3.05) is 12.1 Å². The second-order valence-electron chi connectivity index (χ2n) is 5.65. The van der Waals surface area contributed by atoms with E-state index in [1.54, 1.807) is 6.20 Å². The Hall–Kier alpha value is -3.26. The summed E-state index contributed by atoms with van der Waals surface area (Å²) in [5.74, 6) is 1.51. The van der Waals surface area contributed by atoms with Gasteiger partial charge in [0, 0.05) is 17.6 Å². The first-order valence-corrected chi connectivity index (χ1v) is 7.70. The van der Waals surface area contributed by atoms with Crippen molar-refractivity contribution < 1.29 is 9.47 Å². The van der Waals surface area contributed by atoms with Crippen LogP contribution in [0.4, 0.5) is 5.69 Å². The molecule has 1 aliphatic rings. The summed E-state index contributed by atoms with van der Waals surface area (Å²) in [7, 11) is 0. The Morgan fingerprint density at radius 2 is 2.00 bits per heavy atom. The number of benzene rings is 2. The van der Waals surface area contributed by atoms with E-state index in [1.807, 2.05) is 49.4 Å². The number of fused-ring (bicyclic) bond motifs is 2. The lowest BCUT2D eigenvalue weighted by atomic mass is 10.0. The molecule has 24 heavy (non-hydrogen) atoms. The number of ether oxygens (including phenoxy) is 2. The Bertz CT molecular complexity index is 962. The third-order valence-electron chi connectivity index (χ3n) is 4.15. The van der Waals surface area contributed by atoms with Crippen LogP contribution in [0.15, 0.2) is 48.7 Å². The Labute approximate surface area is 139 Å². The minimum Gasteiger partial charge on any atom is -0.454 e. The van der Waals surface area contributed by atoms with Gasteiger partial charge in [-0.3, -0.25) is 4.98 Å². The largest absolute Gasteiger partial charge is 0.454 e. The van der Waals surface area contributed by atoms with Gasteiger partial charge >= 0.3 is 0 Å². The molecule has 4 rings (SSSR count). The lowest BCUT2D eigenvalue weighted by Crippen LogP contribution is -2.08. The van der Waals surface area contributed by atoms with Crippen LogP contribution in [0.2, 0.25) is 0 Å². The molecular weight excluding hydrogens is 302 g/mol. The zero-order valence-electron chi connectivity index (χ0n) is 13.1. The molecule has 5 heteroatoms. The quantitative estimate of drug-likeness (QED) is 0.790. The molecule has 2 heterocycles. The van der Waals surface area contributed by atoms with Crippen LogP contribution >= 0.6 is 0 Å². The number of para-hydroxylation sites is 1. The minimum absolute atomic E-state index is 0.00240. The van der Waals surface area contributed by atoms with Crippen LogP contribution < -0.4 is 14.8 Å². The molecule has 3 aromatic rings. The highest BCUT2D eigenvalue weighted by atomic mass is 16.7. The van der Waals surface area contributed by atoms with Gasteiger partial charge in [-0.2, -0.15) is 5.26 Å². The number of nitrogens with zero attached hydrogens (tertiary/aromatic N) is 2. The number of aromatic nitrogens is 1. The van der Waals surface area contributed by atoms with Crippen molar-refractivity contribution in [2.24, 2.45) is 0 Å². The number of nitriles is 1. The van der Waals surface area contributed by atoms with Crippen LogP contribution in [-0.2, 0) is 0 Å². The van der Waals surface area contributed by atoms with Gasteiger partial charge in [-0.25, -0.2) is 0 Å². The van der Waals surface area contributed by atoms with E-state index < -0.39 is 0 Å². The predicted molar refractivity (Wildman–Crippen MR) is 91.1 cm³/mol. The van der Waals surface area contributed by atoms with Gasteiger partial charge in [0.15, 0.2) is 11.5 Å². The fourth-order valence-corrected chi connectivity index (χ4v) is 2.86. The van der Waals surface area contributed by atoms with Gasteiger partial charge in [0.2, 0.25) is 6.79 Å². The van der Waals surface area contributed by atoms with Crippen molar-refractivity contribution in [2.45, 2.75) is 13.0 Å². The third kappa shape index (κ3) is 2.38. The van der Waals surface area contributed by atoms with Crippen LogP contribution in [0, 0.1) is 11.3 Å². The van der Waals surface area contributed by atoms with E-state index in [1.165, 1.54) is 0 Å². The fraction of sp³-hybridized carbons (Fsp3) is 0.158. The highest BCUT2D eigenvalue weighted by Crippen LogP contribution is 2.36. The summed E-state index contributed by atoms with van der Waals surface area (Å²) in [6, 6.07) is 15.9. The molecule has 1 aromatic heterocycles. The van der Waals surface area contributed by atoms with E-state index in [2.05, 4.69) is 16.4 Å². The molecule has 0 spiro atoms. The average molecular weight is 317 g/mol. The Morgan fingerprint density at radius 3 is 2.88 bits per heavy atom. The van der Waals surface area contributed by atoms with E-state index in [9.17, 15) is 5.26 Å². The summed E-state index contributed by atoms with van der Waals surface area (Å²) >= 11 is 0. The zero-order chi connectivity index (χ0) is 16.5. The van der Waals surface area contributed by atoms with Crippen molar-refractivity contribution in [3.63, 3.8) is 0 Å². The fourth-order valence-electron chi connectivity index (χ4n) is 2.86.